The molecule has 0 atom stereocenters. The van der Waals surface area contributed by atoms with E-state index in [1.165, 1.54) is 0 Å². The van der Waals surface area contributed by atoms with Crippen LogP contribution in [0.3, 0.4) is 0 Å². The first-order valence-electron chi connectivity index (χ1n) is 8.39. The highest BCUT2D eigenvalue weighted by molar-refractivity contribution is 6.32. The van der Waals surface area contributed by atoms with Gasteiger partial charge in [-0.05, 0) is 43.5 Å². The van der Waals surface area contributed by atoms with Gasteiger partial charge in [-0.1, -0.05) is 32.0 Å². The molecule has 0 aliphatic heterocycles. The first-order chi connectivity index (χ1) is 11.4. The first-order valence-corrected chi connectivity index (χ1v) is 8.77. The van der Waals surface area contributed by atoms with E-state index in [1.807, 2.05) is 39.0 Å². The number of hydrogen-bond acceptors (Lipinski definition) is 1. The third kappa shape index (κ3) is 4.10. The lowest BCUT2D eigenvalue weighted by molar-refractivity contribution is 0.115. The van der Waals surface area contributed by atoms with Gasteiger partial charge in [0.1, 0.15) is 0 Å². The first kappa shape index (κ1) is 18.8. The second kappa shape index (κ2) is 7.56. The molecule has 0 radical (unpaired) electrons. The molecule has 1 fully saturated rings. The van der Waals surface area contributed by atoms with Crippen molar-refractivity contribution in [1.82, 2.24) is 10.3 Å². The average Bonchev–Trinajstić information content (AvgIpc) is 3.21. The van der Waals surface area contributed by atoms with Gasteiger partial charge in [0.05, 0.1) is 6.54 Å². The van der Waals surface area contributed by atoms with E-state index in [0.717, 1.165) is 45.7 Å². The molecule has 5 heteroatoms. The average molecular weight is 355 g/mol. The molecule has 0 amide bonds. The van der Waals surface area contributed by atoms with Gasteiger partial charge in [-0.3, -0.25) is 0 Å². The van der Waals surface area contributed by atoms with E-state index in [4.69, 9.17) is 11.6 Å². The molecule has 0 bridgehead atoms. The normalized spacial score (nSPS) is 15.1. The highest BCUT2D eigenvalue weighted by atomic mass is 35.5. The van der Waals surface area contributed by atoms with Crippen LogP contribution in [-0.4, -0.2) is 11.4 Å². The molecule has 0 saturated heterocycles. The number of nitrogens with one attached hydrogen (secondary N) is 2. The fourth-order valence-electron chi connectivity index (χ4n) is 2.88. The van der Waals surface area contributed by atoms with Crippen LogP contribution < -0.4 is 5.32 Å². The predicted octanol–water partition coefficient (Wildman–Crippen LogP) is 6.19. The number of fused-ring (bicyclic) bond motifs is 1. The van der Waals surface area contributed by atoms with E-state index in [1.54, 1.807) is 0 Å². The van der Waals surface area contributed by atoms with Gasteiger partial charge in [0.2, 0.25) is 6.43 Å². The summed E-state index contributed by atoms with van der Waals surface area (Å²) in [6.45, 7) is 10.5. The van der Waals surface area contributed by atoms with Crippen LogP contribution in [0.25, 0.3) is 10.9 Å². The Labute approximate surface area is 147 Å². The van der Waals surface area contributed by atoms with Crippen molar-refractivity contribution in [2.45, 2.75) is 53.0 Å². The Kier molecular flexibility index (Phi) is 5.92. The summed E-state index contributed by atoms with van der Waals surface area (Å²) in [5.41, 5.74) is 3.36. The molecule has 0 spiro atoms. The molecular weight excluding hydrogens is 330 g/mol. The van der Waals surface area contributed by atoms with Gasteiger partial charge in [-0.2, -0.15) is 0 Å². The van der Waals surface area contributed by atoms with Crippen molar-refractivity contribution < 1.29 is 8.78 Å². The summed E-state index contributed by atoms with van der Waals surface area (Å²) in [5, 5.41) is 4.99. The topological polar surface area (TPSA) is 27.8 Å². The zero-order valence-corrected chi connectivity index (χ0v) is 15.2. The van der Waals surface area contributed by atoms with Gasteiger partial charge in [0.15, 0.2) is 0 Å². The minimum Gasteiger partial charge on any atom is -0.383 e. The van der Waals surface area contributed by atoms with E-state index in [0.29, 0.717) is 6.54 Å². The van der Waals surface area contributed by atoms with Gasteiger partial charge < -0.3 is 10.3 Å². The zero-order valence-electron chi connectivity index (χ0n) is 14.5. The second-order valence-corrected chi connectivity index (χ2v) is 6.60. The number of allylic oxidation sites excluding steroid dienone is 1. The maximum Gasteiger partial charge on any atom is 0.239 e. The van der Waals surface area contributed by atoms with Crippen molar-refractivity contribution in [2.75, 3.05) is 0 Å². The fraction of sp³-hybridized carbons (Fsp3) is 0.474. The molecule has 2 nitrogen and oxygen atoms in total. The van der Waals surface area contributed by atoms with Crippen LogP contribution in [0.1, 0.15) is 44.4 Å². The number of aromatic nitrogens is 1. The fourth-order valence-corrected chi connectivity index (χ4v) is 3.05. The number of aryl methyl sites for hydroxylation is 1. The summed E-state index contributed by atoms with van der Waals surface area (Å²) < 4.78 is 25.2. The van der Waals surface area contributed by atoms with E-state index in [-0.39, 0.29) is 6.42 Å². The minimum absolute atomic E-state index is 0.0969. The number of benzene rings is 1. The Morgan fingerprint density at radius 2 is 2.00 bits per heavy atom. The number of hydrogen-bond donors (Lipinski definition) is 2. The summed E-state index contributed by atoms with van der Waals surface area (Å²) in [6, 6.07) is 5.96. The van der Waals surface area contributed by atoms with E-state index in [9.17, 15) is 8.78 Å². The number of aromatic amines is 1. The highest BCUT2D eigenvalue weighted by Gasteiger charge is 2.47. The molecule has 2 N–H and O–H groups in total. The molecule has 1 aliphatic carbocycles. The van der Waals surface area contributed by atoms with Crippen LogP contribution in [0.4, 0.5) is 8.78 Å². The summed E-state index contributed by atoms with van der Waals surface area (Å²) in [5.74, 6) is 0. The van der Waals surface area contributed by atoms with Gasteiger partial charge in [0.25, 0.3) is 0 Å². The summed E-state index contributed by atoms with van der Waals surface area (Å²) >= 11 is 6.13. The molecule has 24 heavy (non-hydrogen) atoms. The lowest BCUT2D eigenvalue weighted by Gasteiger charge is -2.19. The monoisotopic (exact) mass is 354 g/mol. The highest BCUT2D eigenvalue weighted by Crippen LogP contribution is 2.54. The largest absolute Gasteiger partial charge is 0.383 e. The molecule has 1 heterocycles. The maximum absolute atomic E-state index is 12.6. The van der Waals surface area contributed by atoms with Crippen molar-refractivity contribution in [3.8, 4) is 0 Å². The lowest BCUT2D eigenvalue weighted by Crippen LogP contribution is -2.22. The third-order valence-corrected chi connectivity index (χ3v) is 4.89. The van der Waals surface area contributed by atoms with Crippen LogP contribution in [0, 0.1) is 12.3 Å². The van der Waals surface area contributed by atoms with Gasteiger partial charge >= 0.3 is 0 Å². The molecule has 1 saturated carbocycles. The van der Waals surface area contributed by atoms with E-state index >= 15 is 0 Å². The molecular formula is C19H25ClF2N2. The number of alkyl halides is 2. The predicted molar refractivity (Wildman–Crippen MR) is 97.7 cm³/mol. The standard InChI is InChI=1S/C17H19ClF2N2.C2H6/c1-10-5-15-12(7-14(10)18)6-13(22-15)9-21-11(2)17(3-4-17)8-16(19)20;1-2/h5-7,16,21-22H,2-4,8-9H2,1H3;1-2H3. The van der Waals surface area contributed by atoms with E-state index in [2.05, 4.69) is 16.9 Å². The van der Waals surface area contributed by atoms with Gasteiger partial charge in [-0.25, -0.2) is 8.78 Å². The SMILES string of the molecule is C=C(NCc1cc2cc(Cl)c(C)cc2[nH]1)C1(CC(F)F)CC1.CC. The van der Waals surface area contributed by atoms with Crippen LogP contribution in [-0.2, 0) is 6.54 Å². The molecule has 2 aromatic rings. The van der Waals surface area contributed by atoms with Crippen LogP contribution in [0.2, 0.25) is 5.02 Å². The summed E-state index contributed by atoms with van der Waals surface area (Å²) in [7, 11) is 0. The van der Waals surface area contributed by atoms with Crippen molar-refractivity contribution in [3.05, 3.63) is 46.8 Å². The molecule has 3 rings (SSSR count). The van der Waals surface area contributed by atoms with Crippen LogP contribution >= 0.6 is 11.6 Å². The van der Waals surface area contributed by atoms with Gasteiger partial charge in [0, 0.05) is 39.2 Å². The smallest absolute Gasteiger partial charge is 0.239 e. The Morgan fingerprint density at radius 3 is 2.58 bits per heavy atom. The van der Waals surface area contributed by atoms with Crippen molar-refractivity contribution in [1.29, 1.82) is 0 Å². The minimum atomic E-state index is -2.28. The lowest BCUT2D eigenvalue weighted by atomic mass is 9.99. The Morgan fingerprint density at radius 1 is 1.33 bits per heavy atom. The van der Waals surface area contributed by atoms with Crippen LogP contribution in [0.5, 0.6) is 0 Å². The molecule has 1 aliphatic rings. The van der Waals surface area contributed by atoms with Crippen molar-refractivity contribution >= 4 is 22.5 Å². The molecule has 0 unspecified atom stereocenters. The molecule has 132 valence electrons. The zero-order chi connectivity index (χ0) is 17.9. The number of H-pyrrole nitrogens is 1. The Bertz CT molecular complexity index is 678. The Balaban J connectivity index is 0.00000100. The Hall–Kier alpha value is -1.55. The third-order valence-electron chi connectivity index (χ3n) is 4.49. The maximum atomic E-state index is 12.6. The summed E-state index contributed by atoms with van der Waals surface area (Å²) in [4.78, 5) is 3.32. The van der Waals surface area contributed by atoms with Crippen molar-refractivity contribution in [2.24, 2.45) is 5.41 Å². The number of rotatable bonds is 6. The second-order valence-electron chi connectivity index (χ2n) is 6.19. The molecule has 1 aromatic heterocycles. The summed E-state index contributed by atoms with van der Waals surface area (Å²) in [6.07, 6.45) is -0.783. The quantitative estimate of drug-likeness (QED) is 0.635. The molecule has 1 aromatic carbocycles. The van der Waals surface area contributed by atoms with Gasteiger partial charge in [-0.15, -0.1) is 0 Å². The van der Waals surface area contributed by atoms with Crippen molar-refractivity contribution in [3.63, 3.8) is 0 Å². The van der Waals surface area contributed by atoms with E-state index < -0.39 is 11.8 Å². The van der Waals surface area contributed by atoms with Crippen LogP contribution in [0.15, 0.2) is 30.5 Å². The number of halogens is 3.